The number of amides is 3. The Morgan fingerprint density at radius 1 is 1.22 bits per heavy atom. The third kappa shape index (κ3) is 2.53. The van der Waals surface area contributed by atoms with E-state index in [-0.39, 0.29) is 0 Å². The van der Waals surface area contributed by atoms with Gasteiger partial charge in [-0.25, -0.2) is 9.79 Å². The molecule has 2 fully saturated rings. The van der Waals surface area contributed by atoms with Gasteiger partial charge in [0.15, 0.2) is 12.2 Å². The van der Waals surface area contributed by atoms with Gasteiger partial charge < -0.3 is 19.8 Å². The number of hydrogen-bond acceptors (Lipinski definition) is 6. The van der Waals surface area contributed by atoms with Crippen LogP contribution in [0.3, 0.4) is 0 Å². The number of hydrogen-bond donors (Lipinski definition) is 1. The molecule has 1 N–H and O–H groups in total. The molecule has 27 heavy (non-hydrogen) atoms. The van der Waals surface area contributed by atoms with Crippen molar-refractivity contribution in [3.8, 4) is 0 Å². The van der Waals surface area contributed by atoms with Crippen LogP contribution in [-0.2, 0) is 9.59 Å². The fraction of sp³-hybridized carbons (Fsp3) is 0.444. The summed E-state index contributed by atoms with van der Waals surface area (Å²) in [6, 6.07) is 4.83. The van der Waals surface area contributed by atoms with Crippen LogP contribution in [0.15, 0.2) is 23.2 Å². The Bertz CT molecular complexity index is 883. The van der Waals surface area contributed by atoms with Gasteiger partial charge in [-0.05, 0) is 37.1 Å². The third-order valence-corrected chi connectivity index (χ3v) is 5.47. The summed E-state index contributed by atoms with van der Waals surface area (Å²) < 4.78 is 0. The first-order chi connectivity index (χ1) is 12.8. The fourth-order valence-corrected chi connectivity index (χ4v) is 3.86. The van der Waals surface area contributed by atoms with Crippen LogP contribution in [-0.4, -0.2) is 82.6 Å². The van der Waals surface area contributed by atoms with Crippen LogP contribution < -0.4 is 4.90 Å². The summed E-state index contributed by atoms with van der Waals surface area (Å²) in [5.41, 5.74) is 3.35. The number of aliphatic imine (C=N–C) groups is 1. The third-order valence-electron chi connectivity index (χ3n) is 5.47. The molecule has 0 aliphatic carbocycles. The summed E-state index contributed by atoms with van der Waals surface area (Å²) >= 11 is 0. The van der Waals surface area contributed by atoms with Crippen LogP contribution in [0.4, 0.5) is 10.5 Å². The average molecular weight is 371 g/mol. The molecule has 3 aliphatic heterocycles. The Balaban J connectivity index is 1.67. The van der Waals surface area contributed by atoms with E-state index in [1.807, 2.05) is 35.8 Å². The highest BCUT2D eigenvalue weighted by atomic mass is 16.4. The lowest BCUT2D eigenvalue weighted by molar-refractivity contribution is -0.146. The topological polar surface area (TPSA) is 96.8 Å². The van der Waals surface area contributed by atoms with Gasteiger partial charge in [0.05, 0.1) is 0 Å². The number of imide groups is 1. The molecular formula is C18H21N5O4. The van der Waals surface area contributed by atoms with E-state index in [2.05, 4.69) is 11.1 Å². The van der Waals surface area contributed by atoms with Crippen LogP contribution in [0.25, 0.3) is 0 Å². The van der Waals surface area contributed by atoms with E-state index in [1.54, 1.807) is 7.05 Å². The van der Waals surface area contributed by atoms with E-state index >= 15 is 0 Å². The van der Waals surface area contributed by atoms with E-state index in [1.165, 1.54) is 10.5 Å². The number of anilines is 1. The molecule has 142 valence electrons. The minimum Gasteiger partial charge on any atom is -0.480 e. The van der Waals surface area contributed by atoms with Crippen LogP contribution in [0, 0.1) is 13.8 Å². The van der Waals surface area contributed by atoms with Crippen molar-refractivity contribution >= 4 is 29.6 Å². The smallest absolute Gasteiger partial charge is 0.328 e. The second kappa shape index (κ2) is 5.97. The lowest BCUT2D eigenvalue weighted by Gasteiger charge is -2.39. The zero-order valence-electron chi connectivity index (χ0n) is 15.4. The normalized spacial score (nSPS) is 24.3. The number of carboxylic acid groups (broad SMARTS) is 1. The lowest BCUT2D eigenvalue weighted by atomic mass is 10.1. The second-order valence-corrected chi connectivity index (χ2v) is 7.11. The molecule has 9 heteroatoms. The maximum absolute atomic E-state index is 12.9. The van der Waals surface area contributed by atoms with Gasteiger partial charge in [0, 0.05) is 25.8 Å². The number of nitrogens with zero attached hydrogens (tertiary/aromatic N) is 5. The van der Waals surface area contributed by atoms with Gasteiger partial charge >= 0.3 is 12.0 Å². The summed E-state index contributed by atoms with van der Waals surface area (Å²) in [5.74, 6) is -1.08. The Labute approximate surface area is 156 Å². The molecule has 2 unspecified atom stereocenters. The van der Waals surface area contributed by atoms with Crippen molar-refractivity contribution in [3.63, 3.8) is 0 Å². The highest BCUT2D eigenvalue weighted by molar-refractivity contribution is 6.08. The zero-order chi connectivity index (χ0) is 19.5. The number of aryl methyl sites for hydroxylation is 2. The predicted octanol–water partition coefficient (Wildman–Crippen LogP) is 0.468. The monoisotopic (exact) mass is 371 g/mol. The Morgan fingerprint density at radius 3 is 2.63 bits per heavy atom. The molecule has 1 aromatic rings. The molecule has 2 saturated heterocycles. The first-order valence-corrected chi connectivity index (χ1v) is 8.79. The number of likely N-dealkylation sites (N-methyl/N-ethyl adjacent to an activating group) is 1. The Kier molecular flexibility index (Phi) is 3.83. The number of urea groups is 1. The molecule has 2 atom stereocenters. The van der Waals surface area contributed by atoms with Gasteiger partial charge in [0.2, 0.25) is 5.96 Å². The molecule has 0 spiro atoms. The Morgan fingerprint density at radius 2 is 1.96 bits per heavy atom. The van der Waals surface area contributed by atoms with Crippen LogP contribution in [0.5, 0.6) is 0 Å². The van der Waals surface area contributed by atoms with Gasteiger partial charge in [0.25, 0.3) is 5.91 Å². The van der Waals surface area contributed by atoms with E-state index in [4.69, 9.17) is 5.11 Å². The van der Waals surface area contributed by atoms with Crippen molar-refractivity contribution in [2.45, 2.75) is 26.1 Å². The van der Waals surface area contributed by atoms with Crippen molar-refractivity contribution < 1.29 is 19.5 Å². The number of carboxylic acids is 1. The molecule has 1 aromatic carbocycles. The van der Waals surface area contributed by atoms with E-state index in [9.17, 15) is 14.4 Å². The Hall–Kier alpha value is -3.10. The predicted molar refractivity (Wildman–Crippen MR) is 97.5 cm³/mol. The minimum absolute atomic E-state index is 0.508. The number of rotatable bonds is 3. The maximum atomic E-state index is 12.9. The summed E-state index contributed by atoms with van der Waals surface area (Å²) in [4.78, 5) is 47.1. The summed E-state index contributed by atoms with van der Waals surface area (Å²) in [6.45, 7) is 4.71. The molecule has 0 saturated carbocycles. The molecule has 3 aliphatic rings. The van der Waals surface area contributed by atoms with Crippen molar-refractivity contribution in [3.05, 3.63) is 29.3 Å². The molecule has 0 aromatic heterocycles. The minimum atomic E-state index is -1.22. The fourth-order valence-electron chi connectivity index (χ4n) is 3.86. The summed E-state index contributed by atoms with van der Waals surface area (Å²) in [6.07, 6.45) is -0.639. The lowest BCUT2D eigenvalue weighted by Crippen LogP contribution is -2.65. The van der Waals surface area contributed by atoms with Gasteiger partial charge in [-0.2, -0.15) is 0 Å². The number of carbonyl (C=O) groups excluding carboxylic acids is 2. The maximum Gasteiger partial charge on any atom is 0.328 e. The van der Waals surface area contributed by atoms with E-state index < -0.39 is 36.7 Å². The molecule has 0 bridgehead atoms. The molecular weight excluding hydrogens is 350 g/mol. The van der Waals surface area contributed by atoms with E-state index in [0.717, 1.165) is 16.2 Å². The standard InChI is InChI=1S/C18H21N5O4/c1-10-4-5-12(8-11(10)2)21-6-7-22-14-15(19-17(21)22)20(3)18(27)23(16(14)26)9-13(24)25/h4-5,8,14-15H,6-7,9H2,1-3H3,(H,24,25). The van der Waals surface area contributed by atoms with Gasteiger partial charge in [-0.1, -0.05) is 6.07 Å². The van der Waals surface area contributed by atoms with Crippen molar-refractivity contribution in [2.75, 3.05) is 31.6 Å². The molecule has 0 radical (unpaired) electrons. The first kappa shape index (κ1) is 17.3. The van der Waals surface area contributed by atoms with Crippen LogP contribution >= 0.6 is 0 Å². The first-order valence-electron chi connectivity index (χ1n) is 8.79. The SMILES string of the molecule is Cc1ccc(N2CCN3C2=NC2C3C(=O)N(CC(=O)O)C(=O)N2C)cc1C. The van der Waals surface area contributed by atoms with Crippen LogP contribution in [0.1, 0.15) is 11.1 Å². The van der Waals surface area contributed by atoms with Gasteiger partial charge in [-0.3, -0.25) is 14.5 Å². The molecule has 3 heterocycles. The largest absolute Gasteiger partial charge is 0.480 e. The highest BCUT2D eigenvalue weighted by Gasteiger charge is 2.54. The summed E-state index contributed by atoms with van der Waals surface area (Å²) in [5, 5.41) is 9.04. The van der Waals surface area contributed by atoms with Gasteiger partial charge in [0.1, 0.15) is 6.54 Å². The highest BCUT2D eigenvalue weighted by Crippen LogP contribution is 2.33. The number of carbonyl (C=O) groups is 3. The van der Waals surface area contributed by atoms with Crippen LogP contribution in [0.2, 0.25) is 0 Å². The molecule has 3 amide bonds. The van der Waals surface area contributed by atoms with Crippen molar-refractivity contribution in [1.29, 1.82) is 0 Å². The number of guanidine groups is 1. The number of fused-ring (bicyclic) bond motifs is 3. The van der Waals surface area contributed by atoms with Gasteiger partial charge in [-0.15, -0.1) is 0 Å². The second-order valence-electron chi connectivity index (χ2n) is 7.11. The molecule has 4 rings (SSSR count). The van der Waals surface area contributed by atoms with E-state index in [0.29, 0.717) is 19.0 Å². The number of benzene rings is 1. The quantitative estimate of drug-likeness (QED) is 0.830. The number of aliphatic carboxylic acids is 1. The molecule has 9 nitrogen and oxygen atoms in total. The van der Waals surface area contributed by atoms with Crippen molar-refractivity contribution in [2.24, 2.45) is 4.99 Å². The van der Waals surface area contributed by atoms with Crippen molar-refractivity contribution in [1.82, 2.24) is 14.7 Å². The average Bonchev–Trinajstić information content (AvgIpc) is 3.18. The summed E-state index contributed by atoms with van der Waals surface area (Å²) in [7, 11) is 1.55. The zero-order valence-corrected chi connectivity index (χ0v) is 15.4.